The van der Waals surface area contributed by atoms with Crippen molar-refractivity contribution in [3.8, 4) is 0 Å². The van der Waals surface area contributed by atoms with Crippen LogP contribution < -0.4 is 5.32 Å². The molecule has 1 amide bonds. The Labute approximate surface area is 128 Å². The maximum absolute atomic E-state index is 13.2. The van der Waals surface area contributed by atoms with Crippen molar-refractivity contribution in [2.75, 3.05) is 0 Å². The van der Waals surface area contributed by atoms with Gasteiger partial charge in [0.25, 0.3) is 0 Å². The predicted octanol–water partition coefficient (Wildman–Crippen LogP) is 2.82. The minimum atomic E-state index is -0.759. The van der Waals surface area contributed by atoms with Crippen LogP contribution in [0.25, 0.3) is 0 Å². The number of hydrogen-bond donors (Lipinski definition) is 2. The van der Waals surface area contributed by atoms with Crippen LogP contribution in [0.5, 0.6) is 0 Å². The van der Waals surface area contributed by atoms with Crippen LogP contribution in [-0.4, -0.2) is 17.0 Å². The van der Waals surface area contributed by atoms with Crippen molar-refractivity contribution in [3.63, 3.8) is 0 Å². The Balaban J connectivity index is 1.59. The number of halogens is 1. The Kier molecular flexibility index (Phi) is 4.14. The van der Waals surface area contributed by atoms with Gasteiger partial charge in [-0.25, -0.2) is 4.39 Å². The SMILES string of the molecule is O=C(O)C1CCC(C(=O)NC2CCc3cc(F)ccc32)CC1. The lowest BCUT2D eigenvalue weighted by atomic mass is 9.81. The van der Waals surface area contributed by atoms with Gasteiger partial charge in [0.1, 0.15) is 5.82 Å². The Morgan fingerprint density at radius 3 is 2.45 bits per heavy atom. The van der Waals surface area contributed by atoms with E-state index in [9.17, 15) is 14.0 Å². The van der Waals surface area contributed by atoms with Gasteiger partial charge in [0.05, 0.1) is 12.0 Å². The summed E-state index contributed by atoms with van der Waals surface area (Å²) in [5.74, 6) is -1.39. The third-order valence-corrected chi connectivity index (χ3v) is 4.95. The van der Waals surface area contributed by atoms with Crippen LogP contribution in [0.3, 0.4) is 0 Å². The first-order chi connectivity index (χ1) is 10.5. The van der Waals surface area contributed by atoms with Gasteiger partial charge in [-0.1, -0.05) is 6.07 Å². The maximum atomic E-state index is 13.2. The summed E-state index contributed by atoms with van der Waals surface area (Å²) in [6.45, 7) is 0. The van der Waals surface area contributed by atoms with Crippen LogP contribution in [0.4, 0.5) is 4.39 Å². The Morgan fingerprint density at radius 2 is 1.77 bits per heavy atom. The van der Waals surface area contributed by atoms with Crippen molar-refractivity contribution in [3.05, 3.63) is 35.1 Å². The molecule has 4 nitrogen and oxygen atoms in total. The van der Waals surface area contributed by atoms with Gasteiger partial charge in [0.2, 0.25) is 5.91 Å². The summed E-state index contributed by atoms with van der Waals surface area (Å²) >= 11 is 0. The molecule has 118 valence electrons. The molecule has 0 spiro atoms. The van der Waals surface area contributed by atoms with E-state index in [1.54, 1.807) is 12.1 Å². The van der Waals surface area contributed by atoms with Gasteiger partial charge in [0.15, 0.2) is 0 Å². The molecule has 0 saturated heterocycles. The van der Waals surface area contributed by atoms with E-state index in [0.717, 1.165) is 24.0 Å². The van der Waals surface area contributed by atoms with E-state index in [0.29, 0.717) is 25.7 Å². The number of fused-ring (bicyclic) bond motifs is 1. The first-order valence-electron chi connectivity index (χ1n) is 7.86. The summed E-state index contributed by atoms with van der Waals surface area (Å²) in [6.07, 6.45) is 3.98. The molecule has 1 saturated carbocycles. The van der Waals surface area contributed by atoms with E-state index < -0.39 is 5.97 Å². The Bertz CT molecular complexity index is 594. The van der Waals surface area contributed by atoms with Crippen LogP contribution in [0.15, 0.2) is 18.2 Å². The lowest BCUT2D eigenvalue weighted by molar-refractivity contribution is -0.144. The topological polar surface area (TPSA) is 66.4 Å². The molecule has 1 atom stereocenters. The fourth-order valence-electron chi connectivity index (χ4n) is 3.63. The zero-order valence-corrected chi connectivity index (χ0v) is 12.3. The zero-order chi connectivity index (χ0) is 15.7. The highest BCUT2D eigenvalue weighted by molar-refractivity contribution is 5.80. The van der Waals surface area contributed by atoms with E-state index >= 15 is 0 Å². The van der Waals surface area contributed by atoms with Crippen molar-refractivity contribution >= 4 is 11.9 Å². The highest BCUT2D eigenvalue weighted by atomic mass is 19.1. The van der Waals surface area contributed by atoms with Crippen molar-refractivity contribution in [1.29, 1.82) is 0 Å². The maximum Gasteiger partial charge on any atom is 0.306 e. The number of carbonyl (C=O) groups is 2. The minimum absolute atomic E-state index is 0.00557. The summed E-state index contributed by atoms with van der Waals surface area (Å²) in [6, 6.07) is 4.69. The molecule has 1 unspecified atom stereocenters. The number of carbonyl (C=O) groups excluding carboxylic acids is 1. The largest absolute Gasteiger partial charge is 0.481 e. The van der Waals surface area contributed by atoms with Gasteiger partial charge in [-0.2, -0.15) is 0 Å². The Hall–Kier alpha value is -1.91. The van der Waals surface area contributed by atoms with E-state index in [-0.39, 0.29) is 29.6 Å². The van der Waals surface area contributed by atoms with Crippen molar-refractivity contribution in [2.45, 2.75) is 44.6 Å². The monoisotopic (exact) mass is 305 g/mol. The Morgan fingerprint density at radius 1 is 1.09 bits per heavy atom. The van der Waals surface area contributed by atoms with Crippen LogP contribution in [0.1, 0.15) is 49.3 Å². The molecular formula is C17H20FNO3. The molecule has 1 aromatic rings. The van der Waals surface area contributed by atoms with Gasteiger partial charge in [-0.15, -0.1) is 0 Å². The molecule has 3 rings (SSSR count). The highest BCUT2D eigenvalue weighted by Gasteiger charge is 2.32. The molecular weight excluding hydrogens is 285 g/mol. The number of rotatable bonds is 3. The first-order valence-corrected chi connectivity index (χ1v) is 7.86. The highest BCUT2D eigenvalue weighted by Crippen LogP contribution is 2.33. The van der Waals surface area contributed by atoms with Gasteiger partial charge >= 0.3 is 5.97 Å². The summed E-state index contributed by atoms with van der Waals surface area (Å²) in [5.41, 5.74) is 1.98. The van der Waals surface area contributed by atoms with Gasteiger partial charge in [0, 0.05) is 5.92 Å². The fourth-order valence-corrected chi connectivity index (χ4v) is 3.63. The summed E-state index contributed by atoms with van der Waals surface area (Å²) in [7, 11) is 0. The average Bonchev–Trinajstić information content (AvgIpc) is 2.89. The molecule has 1 fully saturated rings. The van der Waals surface area contributed by atoms with Crippen LogP contribution in [0.2, 0.25) is 0 Å². The van der Waals surface area contributed by atoms with E-state index in [2.05, 4.69) is 5.32 Å². The van der Waals surface area contributed by atoms with Crippen LogP contribution in [0, 0.1) is 17.7 Å². The van der Waals surface area contributed by atoms with Gasteiger partial charge < -0.3 is 10.4 Å². The molecule has 0 radical (unpaired) electrons. The van der Waals surface area contributed by atoms with Crippen molar-refractivity contribution in [1.82, 2.24) is 5.32 Å². The molecule has 1 aromatic carbocycles. The summed E-state index contributed by atoms with van der Waals surface area (Å²) in [5, 5.41) is 12.1. The third-order valence-electron chi connectivity index (χ3n) is 4.95. The number of carboxylic acids is 1. The lowest BCUT2D eigenvalue weighted by Gasteiger charge is -2.26. The lowest BCUT2D eigenvalue weighted by Crippen LogP contribution is -2.36. The molecule has 5 heteroatoms. The summed E-state index contributed by atoms with van der Waals surface area (Å²) in [4.78, 5) is 23.3. The van der Waals surface area contributed by atoms with E-state index in [1.165, 1.54) is 6.07 Å². The van der Waals surface area contributed by atoms with Crippen molar-refractivity contribution in [2.24, 2.45) is 11.8 Å². The second kappa shape index (κ2) is 6.07. The smallest absolute Gasteiger partial charge is 0.306 e. The van der Waals surface area contributed by atoms with Gasteiger partial charge in [-0.05, 0) is 61.8 Å². The van der Waals surface area contributed by atoms with Gasteiger partial charge in [-0.3, -0.25) is 9.59 Å². The fraction of sp³-hybridized carbons (Fsp3) is 0.529. The van der Waals surface area contributed by atoms with E-state index in [1.807, 2.05) is 0 Å². The minimum Gasteiger partial charge on any atom is -0.481 e. The average molecular weight is 305 g/mol. The molecule has 2 aliphatic rings. The molecule has 2 N–H and O–H groups in total. The molecule has 2 aliphatic carbocycles. The molecule has 0 aromatic heterocycles. The third kappa shape index (κ3) is 2.98. The van der Waals surface area contributed by atoms with Crippen LogP contribution >= 0.6 is 0 Å². The second-order valence-electron chi connectivity index (χ2n) is 6.33. The summed E-state index contributed by atoms with van der Waals surface area (Å²) < 4.78 is 13.2. The number of nitrogens with one attached hydrogen (secondary N) is 1. The number of hydrogen-bond acceptors (Lipinski definition) is 2. The number of amides is 1. The number of aliphatic carboxylic acids is 1. The molecule has 0 bridgehead atoms. The molecule has 0 aliphatic heterocycles. The second-order valence-corrected chi connectivity index (χ2v) is 6.33. The van der Waals surface area contributed by atoms with E-state index in [4.69, 9.17) is 5.11 Å². The quantitative estimate of drug-likeness (QED) is 0.902. The van der Waals surface area contributed by atoms with Crippen molar-refractivity contribution < 1.29 is 19.1 Å². The number of benzene rings is 1. The molecule has 22 heavy (non-hydrogen) atoms. The first kappa shape index (κ1) is 15.0. The normalized spacial score (nSPS) is 27.2. The van der Waals surface area contributed by atoms with Crippen LogP contribution in [-0.2, 0) is 16.0 Å². The number of aryl methyl sites for hydroxylation is 1. The molecule has 0 heterocycles. The standard InChI is InChI=1S/C17H20FNO3/c18-13-6-7-14-12(9-13)5-8-15(14)19-16(20)10-1-3-11(4-2-10)17(21)22/h6-7,9-11,15H,1-5,8H2,(H,19,20)(H,21,22). The zero-order valence-electron chi connectivity index (χ0n) is 12.3. The predicted molar refractivity (Wildman–Crippen MR) is 78.7 cm³/mol. The number of carboxylic acid groups (broad SMARTS) is 1.